The molecule has 0 aromatic rings. The lowest BCUT2D eigenvalue weighted by Gasteiger charge is -2.11. The zero-order valence-electron chi connectivity index (χ0n) is 6.90. The van der Waals surface area contributed by atoms with Gasteiger partial charge >= 0.3 is 0 Å². The molecule has 0 bridgehead atoms. The zero-order chi connectivity index (χ0) is 7.82. The molecule has 0 heterocycles. The van der Waals surface area contributed by atoms with E-state index < -0.39 is 0 Å². The van der Waals surface area contributed by atoms with Gasteiger partial charge in [0.15, 0.2) is 0 Å². The summed E-state index contributed by atoms with van der Waals surface area (Å²) in [5.41, 5.74) is 0. The molecule has 0 spiro atoms. The quantitative estimate of drug-likeness (QED) is 0.482. The molecule has 0 aliphatic carbocycles. The zero-order valence-corrected chi connectivity index (χ0v) is 8.49. The first kappa shape index (κ1) is 10.4. The third-order valence-corrected chi connectivity index (χ3v) is 2.20. The smallest absolute Gasteiger partial charge is 0.0669 e. The second kappa shape index (κ2) is 7.55. The van der Waals surface area contributed by atoms with Gasteiger partial charge in [-0.25, -0.2) is 0 Å². The van der Waals surface area contributed by atoms with Crippen molar-refractivity contribution in [2.45, 2.75) is 39.2 Å². The molecule has 2 heteroatoms. The van der Waals surface area contributed by atoms with Crippen LogP contribution in [0.5, 0.6) is 0 Å². The van der Waals surface area contributed by atoms with Crippen LogP contribution < -0.4 is 0 Å². The number of rotatable bonds is 6. The topological polar surface area (TPSA) is 9.23 Å². The van der Waals surface area contributed by atoms with Crippen LogP contribution in [-0.2, 0) is 4.74 Å². The van der Waals surface area contributed by atoms with Crippen molar-refractivity contribution >= 4 is 15.9 Å². The number of hydrogen-bond donors (Lipinski definition) is 0. The highest BCUT2D eigenvalue weighted by Gasteiger charge is 2.01. The van der Waals surface area contributed by atoms with E-state index in [1.54, 1.807) is 0 Å². The Morgan fingerprint density at radius 2 is 2.10 bits per heavy atom. The highest BCUT2D eigenvalue weighted by molar-refractivity contribution is 9.09. The first-order valence-corrected chi connectivity index (χ1v) is 5.14. The number of hydrogen-bond acceptors (Lipinski definition) is 1. The Kier molecular flexibility index (Phi) is 7.88. The summed E-state index contributed by atoms with van der Waals surface area (Å²) >= 11 is 3.40. The van der Waals surface area contributed by atoms with E-state index in [1.165, 1.54) is 12.8 Å². The summed E-state index contributed by atoms with van der Waals surface area (Å²) in [6.45, 7) is 5.25. The molecule has 0 unspecified atom stereocenters. The SMILES string of the molecule is CCCCO[C@@H](CC)CBr. The second-order valence-corrected chi connectivity index (χ2v) is 3.06. The highest BCUT2D eigenvalue weighted by Crippen LogP contribution is 2.02. The van der Waals surface area contributed by atoms with E-state index in [0.717, 1.165) is 18.4 Å². The maximum absolute atomic E-state index is 5.53. The van der Waals surface area contributed by atoms with Crippen LogP contribution in [0.1, 0.15) is 33.1 Å². The minimum absolute atomic E-state index is 0.423. The summed E-state index contributed by atoms with van der Waals surface area (Å²) in [6, 6.07) is 0. The first-order chi connectivity index (χ1) is 4.85. The van der Waals surface area contributed by atoms with Crippen LogP contribution in [0.25, 0.3) is 0 Å². The molecule has 0 rings (SSSR count). The predicted octanol–water partition coefficient (Wildman–Crippen LogP) is 2.98. The van der Waals surface area contributed by atoms with Crippen molar-refractivity contribution in [1.29, 1.82) is 0 Å². The Morgan fingerprint density at radius 3 is 2.50 bits per heavy atom. The largest absolute Gasteiger partial charge is 0.377 e. The molecule has 0 radical (unpaired) electrons. The average Bonchev–Trinajstić information content (AvgIpc) is 1.99. The summed E-state index contributed by atoms with van der Waals surface area (Å²) in [4.78, 5) is 0. The van der Waals surface area contributed by atoms with Crippen LogP contribution in [-0.4, -0.2) is 18.0 Å². The monoisotopic (exact) mass is 208 g/mol. The first-order valence-electron chi connectivity index (χ1n) is 4.02. The third kappa shape index (κ3) is 5.24. The van der Waals surface area contributed by atoms with Gasteiger partial charge in [0.1, 0.15) is 0 Å². The molecule has 10 heavy (non-hydrogen) atoms. The van der Waals surface area contributed by atoms with Crippen LogP contribution in [0.2, 0.25) is 0 Å². The molecule has 0 aliphatic rings. The van der Waals surface area contributed by atoms with Crippen LogP contribution >= 0.6 is 15.9 Å². The molecule has 0 amide bonds. The summed E-state index contributed by atoms with van der Waals surface area (Å²) < 4.78 is 5.53. The molecule has 1 atom stereocenters. The second-order valence-electron chi connectivity index (χ2n) is 2.41. The van der Waals surface area contributed by atoms with Gasteiger partial charge in [0.25, 0.3) is 0 Å². The molecule has 0 aromatic carbocycles. The maximum atomic E-state index is 5.53. The molecular weight excluding hydrogens is 192 g/mol. The van der Waals surface area contributed by atoms with Crippen molar-refractivity contribution < 1.29 is 4.74 Å². The lowest BCUT2D eigenvalue weighted by atomic mass is 10.3. The van der Waals surface area contributed by atoms with Gasteiger partial charge in [-0.2, -0.15) is 0 Å². The average molecular weight is 209 g/mol. The minimum Gasteiger partial charge on any atom is -0.377 e. The van der Waals surface area contributed by atoms with Gasteiger partial charge in [0, 0.05) is 11.9 Å². The van der Waals surface area contributed by atoms with Gasteiger partial charge in [-0.3, -0.25) is 0 Å². The molecule has 0 aliphatic heterocycles. The van der Waals surface area contributed by atoms with Crippen molar-refractivity contribution in [2.75, 3.05) is 11.9 Å². The van der Waals surface area contributed by atoms with Gasteiger partial charge in [-0.15, -0.1) is 0 Å². The Labute approximate surface area is 72.3 Å². The van der Waals surface area contributed by atoms with Crippen molar-refractivity contribution in [1.82, 2.24) is 0 Å². The van der Waals surface area contributed by atoms with E-state index in [2.05, 4.69) is 29.8 Å². The fraction of sp³-hybridized carbons (Fsp3) is 1.00. The standard InChI is InChI=1S/C8H17BrO/c1-3-5-6-10-8(4-2)7-9/h8H,3-7H2,1-2H3/t8-/m0/s1. The van der Waals surface area contributed by atoms with E-state index in [4.69, 9.17) is 4.74 Å². The Hall–Kier alpha value is 0.440. The lowest BCUT2D eigenvalue weighted by Crippen LogP contribution is -2.13. The third-order valence-electron chi connectivity index (χ3n) is 1.48. The highest BCUT2D eigenvalue weighted by atomic mass is 79.9. The van der Waals surface area contributed by atoms with Gasteiger partial charge in [0.05, 0.1) is 6.10 Å². The van der Waals surface area contributed by atoms with E-state index in [1.807, 2.05) is 0 Å². The summed E-state index contributed by atoms with van der Waals surface area (Å²) in [5, 5.41) is 0.965. The molecule has 62 valence electrons. The van der Waals surface area contributed by atoms with E-state index in [9.17, 15) is 0 Å². The van der Waals surface area contributed by atoms with E-state index >= 15 is 0 Å². The Morgan fingerprint density at radius 1 is 1.40 bits per heavy atom. The molecule has 0 aromatic heterocycles. The molecule has 0 saturated carbocycles. The fourth-order valence-corrected chi connectivity index (χ4v) is 1.31. The van der Waals surface area contributed by atoms with Crippen LogP contribution in [0, 0.1) is 0 Å². The van der Waals surface area contributed by atoms with Crippen LogP contribution in [0.3, 0.4) is 0 Å². The fourth-order valence-electron chi connectivity index (χ4n) is 0.666. The lowest BCUT2D eigenvalue weighted by molar-refractivity contribution is 0.0656. The van der Waals surface area contributed by atoms with Crippen LogP contribution in [0.15, 0.2) is 0 Å². The van der Waals surface area contributed by atoms with Gasteiger partial charge in [-0.1, -0.05) is 36.2 Å². The van der Waals surface area contributed by atoms with Crippen molar-refractivity contribution in [2.24, 2.45) is 0 Å². The van der Waals surface area contributed by atoms with Crippen molar-refractivity contribution in [3.8, 4) is 0 Å². The number of unbranched alkanes of at least 4 members (excludes halogenated alkanes) is 1. The molecular formula is C8H17BrO. The van der Waals surface area contributed by atoms with Crippen LogP contribution in [0.4, 0.5) is 0 Å². The van der Waals surface area contributed by atoms with Crippen molar-refractivity contribution in [3.63, 3.8) is 0 Å². The van der Waals surface area contributed by atoms with E-state index in [-0.39, 0.29) is 0 Å². The van der Waals surface area contributed by atoms with E-state index in [0.29, 0.717) is 6.10 Å². The van der Waals surface area contributed by atoms with Gasteiger partial charge < -0.3 is 4.74 Å². The van der Waals surface area contributed by atoms with Crippen molar-refractivity contribution in [3.05, 3.63) is 0 Å². The molecule has 1 nitrogen and oxygen atoms in total. The Balaban J connectivity index is 3.09. The molecule has 0 N–H and O–H groups in total. The normalized spacial score (nSPS) is 13.5. The minimum atomic E-state index is 0.423. The molecule has 0 fully saturated rings. The number of alkyl halides is 1. The summed E-state index contributed by atoms with van der Waals surface area (Å²) in [5.74, 6) is 0. The number of halogens is 1. The summed E-state index contributed by atoms with van der Waals surface area (Å²) in [7, 11) is 0. The maximum Gasteiger partial charge on any atom is 0.0669 e. The summed E-state index contributed by atoms with van der Waals surface area (Å²) in [6.07, 6.45) is 3.93. The molecule has 0 saturated heterocycles. The van der Waals surface area contributed by atoms with Gasteiger partial charge in [-0.05, 0) is 12.8 Å². The Bertz CT molecular complexity index is 62.3. The van der Waals surface area contributed by atoms with Gasteiger partial charge in [0.2, 0.25) is 0 Å². The predicted molar refractivity (Wildman–Crippen MR) is 48.7 cm³/mol. The number of ether oxygens (including phenoxy) is 1.